The topological polar surface area (TPSA) is 190 Å². The summed E-state index contributed by atoms with van der Waals surface area (Å²) in [6.07, 6.45) is 6.98. The third-order valence-electron chi connectivity index (χ3n) is 12.5. The van der Waals surface area contributed by atoms with E-state index in [0.29, 0.717) is 11.6 Å². The Morgan fingerprint density at radius 2 is 1.71 bits per heavy atom. The largest absolute Gasteiger partial charge is 0.458 e. The summed E-state index contributed by atoms with van der Waals surface area (Å²) in [5, 5.41) is 2.76. The third kappa shape index (κ3) is 10.1. The van der Waals surface area contributed by atoms with Gasteiger partial charge in [0.15, 0.2) is 12.1 Å². The molecule has 0 aliphatic carbocycles. The number of esters is 2. The lowest BCUT2D eigenvalue weighted by Gasteiger charge is -2.47. The van der Waals surface area contributed by atoms with Crippen LogP contribution in [0.2, 0.25) is 0 Å². The van der Waals surface area contributed by atoms with Crippen molar-refractivity contribution < 1.29 is 47.7 Å². The molecule has 0 bridgehead atoms. The van der Waals surface area contributed by atoms with Gasteiger partial charge in [0.1, 0.15) is 41.4 Å². The van der Waals surface area contributed by atoms with E-state index in [0.717, 1.165) is 6.42 Å². The second-order valence-corrected chi connectivity index (χ2v) is 17.2. The van der Waals surface area contributed by atoms with Crippen LogP contribution < -0.4 is 5.32 Å². The van der Waals surface area contributed by atoms with Crippen molar-refractivity contribution in [3.8, 4) is 5.95 Å². The van der Waals surface area contributed by atoms with Crippen LogP contribution in [-0.2, 0) is 42.9 Å². The van der Waals surface area contributed by atoms with Crippen LogP contribution >= 0.6 is 0 Å². The van der Waals surface area contributed by atoms with Gasteiger partial charge in [-0.25, -0.2) is 19.7 Å². The van der Waals surface area contributed by atoms with Crippen LogP contribution in [0, 0.1) is 35.5 Å². The molecule has 5 rings (SSSR count). The predicted octanol–water partition coefficient (Wildman–Crippen LogP) is 4.98. The van der Waals surface area contributed by atoms with E-state index >= 15 is 0 Å². The number of aromatic nitrogens is 4. The lowest BCUT2D eigenvalue weighted by molar-refractivity contribution is -0.277. The van der Waals surface area contributed by atoms with E-state index in [2.05, 4.69) is 25.2 Å². The number of ether oxygens (including phenoxy) is 5. The molecule has 16 nitrogen and oxygen atoms in total. The first kappa shape index (κ1) is 45.5. The zero-order valence-corrected chi connectivity index (χ0v) is 36.2. The molecular formula is C43H62N6O10. The van der Waals surface area contributed by atoms with Gasteiger partial charge in [-0.2, -0.15) is 0 Å². The summed E-state index contributed by atoms with van der Waals surface area (Å²) in [6.45, 7) is 15.7. The van der Waals surface area contributed by atoms with Gasteiger partial charge in [-0.3, -0.25) is 23.7 Å². The summed E-state index contributed by atoms with van der Waals surface area (Å²) in [5.41, 5.74) is -2.34. The van der Waals surface area contributed by atoms with Crippen molar-refractivity contribution in [2.75, 3.05) is 20.6 Å². The number of nitrogens with zero attached hydrogens (tertiary/aromatic N) is 5. The van der Waals surface area contributed by atoms with Gasteiger partial charge in [0, 0.05) is 60.8 Å². The van der Waals surface area contributed by atoms with E-state index in [1.807, 2.05) is 27.9 Å². The van der Waals surface area contributed by atoms with Gasteiger partial charge in [-0.05, 0) is 73.2 Å². The number of ketones is 2. The fourth-order valence-corrected chi connectivity index (χ4v) is 9.25. The number of Topliss-reactive ketones (excluding diaryl/α,β-unsaturated/α-hetero) is 2. The minimum absolute atomic E-state index is 0.0481. The summed E-state index contributed by atoms with van der Waals surface area (Å²) >= 11 is 0. The monoisotopic (exact) mass is 822 g/mol. The lowest BCUT2D eigenvalue weighted by Crippen LogP contribution is -2.58. The first-order valence-corrected chi connectivity index (χ1v) is 20.7. The molecule has 13 atom stereocenters. The minimum atomic E-state index is -1.63. The van der Waals surface area contributed by atoms with Crippen LogP contribution in [-0.4, -0.2) is 117 Å². The quantitative estimate of drug-likeness (QED) is 0.203. The molecule has 3 aliphatic rings. The van der Waals surface area contributed by atoms with Gasteiger partial charge in [0.2, 0.25) is 5.95 Å². The minimum Gasteiger partial charge on any atom is -0.458 e. The maximum atomic E-state index is 14.5. The molecule has 16 heteroatoms. The van der Waals surface area contributed by atoms with Crippen LogP contribution in [0.4, 0.5) is 4.79 Å². The number of fused-ring (bicyclic) bond motifs is 1. The number of carbonyl (C=O) groups excluding carboxylic acids is 5. The Kier molecular flexibility index (Phi) is 14.5. The van der Waals surface area contributed by atoms with E-state index in [9.17, 15) is 24.0 Å². The van der Waals surface area contributed by atoms with E-state index in [4.69, 9.17) is 23.7 Å². The predicted molar refractivity (Wildman–Crippen MR) is 216 cm³/mol. The molecular weight excluding hydrogens is 761 g/mol. The highest BCUT2D eigenvalue weighted by Gasteiger charge is 2.57. The number of alkyl carbamates (subject to hydrolysis) is 1. The molecule has 2 aromatic rings. The highest BCUT2D eigenvalue weighted by atomic mass is 16.7. The van der Waals surface area contributed by atoms with Crippen molar-refractivity contribution in [1.29, 1.82) is 0 Å². The van der Waals surface area contributed by atoms with Gasteiger partial charge in [-0.1, -0.05) is 40.7 Å². The van der Waals surface area contributed by atoms with Crippen LogP contribution in [0.15, 0.2) is 37.1 Å². The Hall–Kier alpha value is -4.54. The van der Waals surface area contributed by atoms with Gasteiger partial charge in [0.25, 0.3) is 0 Å². The van der Waals surface area contributed by atoms with Gasteiger partial charge in [0.05, 0.1) is 18.2 Å². The fourth-order valence-electron chi connectivity index (χ4n) is 9.25. The Bertz CT molecular complexity index is 1850. The molecule has 1 amide bonds. The number of cyclic esters (lactones) is 1. The average molecular weight is 823 g/mol. The molecule has 3 saturated heterocycles. The van der Waals surface area contributed by atoms with Crippen molar-refractivity contribution >= 4 is 35.7 Å². The lowest BCUT2D eigenvalue weighted by atomic mass is 9.70. The maximum Gasteiger partial charge on any atom is 0.408 e. The highest BCUT2D eigenvalue weighted by Crippen LogP contribution is 2.45. The number of nitrogens with one attached hydrogen (secondary N) is 1. The molecule has 3 aliphatic heterocycles. The van der Waals surface area contributed by atoms with Crippen LogP contribution in [0.25, 0.3) is 12.0 Å². The summed E-state index contributed by atoms with van der Waals surface area (Å²) in [4.78, 5) is 84.5. The van der Waals surface area contributed by atoms with Crippen LogP contribution in [0.1, 0.15) is 93.7 Å². The van der Waals surface area contributed by atoms with Crippen LogP contribution in [0.3, 0.4) is 0 Å². The summed E-state index contributed by atoms with van der Waals surface area (Å²) in [7, 11) is 3.97. The zero-order chi connectivity index (χ0) is 43.4. The molecule has 5 heterocycles. The second-order valence-electron chi connectivity index (χ2n) is 17.2. The first-order chi connectivity index (χ1) is 27.8. The number of imidazole rings is 1. The zero-order valence-electron chi connectivity index (χ0n) is 36.2. The Labute approximate surface area is 347 Å². The maximum absolute atomic E-state index is 14.5. The molecule has 0 spiro atoms. The van der Waals surface area contributed by atoms with Crippen molar-refractivity contribution in [2.24, 2.45) is 35.5 Å². The van der Waals surface area contributed by atoms with Crippen molar-refractivity contribution in [3.63, 3.8) is 0 Å². The molecule has 1 N–H and O–H groups in total. The van der Waals surface area contributed by atoms with Crippen molar-refractivity contribution in [1.82, 2.24) is 29.7 Å². The molecule has 324 valence electrons. The number of hydrogen-bond acceptors (Lipinski definition) is 14. The number of carbonyl (C=O) groups is 5. The molecule has 2 aromatic heterocycles. The number of hydrogen-bond donors (Lipinski definition) is 1. The summed E-state index contributed by atoms with van der Waals surface area (Å²) in [5.74, 6) is -6.14. The molecule has 3 fully saturated rings. The van der Waals surface area contributed by atoms with Crippen molar-refractivity contribution in [2.45, 2.75) is 130 Å². The normalized spacial score (nSPS) is 36.2. The van der Waals surface area contributed by atoms with E-state index in [1.165, 1.54) is 6.92 Å². The van der Waals surface area contributed by atoms with Crippen molar-refractivity contribution in [3.05, 3.63) is 42.8 Å². The highest BCUT2D eigenvalue weighted by molar-refractivity contribution is 6.00. The molecule has 3 unspecified atom stereocenters. The average Bonchev–Trinajstić information content (AvgIpc) is 3.80. The van der Waals surface area contributed by atoms with Gasteiger partial charge >= 0.3 is 18.0 Å². The number of amides is 1. The van der Waals surface area contributed by atoms with Gasteiger partial charge in [-0.15, -0.1) is 0 Å². The molecule has 0 aromatic carbocycles. The standard InChI is InChI=1S/C43H62N6O10/c1-12-33-43(9)31(20-34(50)58-43)26(4)35(51)24(2)21-42(8,59-41(54)46-16-13-15-30-22-49(23-47-30)40-44-17-14-18-45-40)37(28(6)36(52)29(7)38(53)56-33)57-39-27(5)32(48(10)11)19-25(3)55-39/h13-15,17-18,22-29,31-33,37,39H,12,16,19-21H2,1-11H3,(H,46,54)/b15-13+/t24-,25-,26?,27-,28?,29-,31?,32+,33-,37-,39+,42-,43+/m1/s1. The smallest absolute Gasteiger partial charge is 0.408 e. The Morgan fingerprint density at radius 1 is 1.02 bits per heavy atom. The van der Waals surface area contributed by atoms with E-state index in [-0.39, 0.29) is 49.7 Å². The fraction of sp³-hybridized carbons (Fsp3) is 0.674. The first-order valence-electron chi connectivity index (χ1n) is 20.7. The van der Waals surface area contributed by atoms with E-state index < -0.39 is 83.1 Å². The Balaban J connectivity index is 1.49. The second kappa shape index (κ2) is 18.8. The third-order valence-corrected chi connectivity index (χ3v) is 12.5. The summed E-state index contributed by atoms with van der Waals surface area (Å²) in [6, 6.07) is 1.78. The molecule has 0 saturated carbocycles. The molecule has 0 radical (unpaired) electrons. The Morgan fingerprint density at radius 3 is 2.37 bits per heavy atom. The SMILES string of the molecule is CC[C@H]1OC(=O)[C@H](C)C(=O)C(C)[C@@H](O[C@@H]2O[C@H](C)C[C@H](N(C)C)[C@H]2C)[C@](C)(OC(=O)NC/C=C/c2cn(-c3ncccn3)cn2)C[C@@H](C)C(=O)C(C)C2CC(=O)O[C@@]21C. The number of rotatable bonds is 9. The van der Waals surface area contributed by atoms with E-state index in [1.54, 1.807) is 89.2 Å². The van der Waals surface area contributed by atoms with Gasteiger partial charge < -0.3 is 33.9 Å². The molecule has 59 heavy (non-hydrogen) atoms. The summed E-state index contributed by atoms with van der Waals surface area (Å²) < 4.78 is 33.1. The van der Waals surface area contributed by atoms with Crippen LogP contribution in [0.5, 0.6) is 0 Å².